The van der Waals surface area contributed by atoms with Crippen LogP contribution in [-0.4, -0.2) is 25.6 Å². The number of carbonyl (C=O) groups is 1. The van der Waals surface area contributed by atoms with Crippen molar-refractivity contribution in [3.63, 3.8) is 0 Å². The summed E-state index contributed by atoms with van der Waals surface area (Å²) in [5.74, 6) is 1.18. The summed E-state index contributed by atoms with van der Waals surface area (Å²) in [5.41, 5.74) is 7.29. The van der Waals surface area contributed by atoms with Gasteiger partial charge in [-0.2, -0.15) is 0 Å². The predicted octanol–water partition coefficient (Wildman–Crippen LogP) is 2.75. The van der Waals surface area contributed by atoms with Crippen LogP contribution in [0, 0.1) is 5.92 Å². The molecule has 0 radical (unpaired) electrons. The van der Waals surface area contributed by atoms with Gasteiger partial charge in [0.25, 0.3) is 0 Å². The Morgan fingerprint density at radius 2 is 2.13 bits per heavy atom. The molecule has 0 bridgehead atoms. The molecule has 1 aromatic rings. The normalized spacial score (nSPS) is 26.2. The van der Waals surface area contributed by atoms with Gasteiger partial charge in [-0.1, -0.05) is 25.0 Å². The van der Waals surface area contributed by atoms with Crippen molar-refractivity contribution in [2.45, 2.75) is 56.4 Å². The van der Waals surface area contributed by atoms with Gasteiger partial charge in [0.1, 0.15) is 5.75 Å². The standard InChI is InChI=1S/C19H28N2O2/c1-23-17-6-4-5-15(12-17)19(9-2-3-10-19)13-21-18(22)14-7-8-16(20)11-14/h4-6,12,14,16H,2-3,7-11,13,20H2,1H3,(H,21,22). The van der Waals surface area contributed by atoms with Crippen LogP contribution in [0.15, 0.2) is 24.3 Å². The van der Waals surface area contributed by atoms with Gasteiger partial charge in [0.2, 0.25) is 5.91 Å². The molecule has 23 heavy (non-hydrogen) atoms. The lowest BCUT2D eigenvalue weighted by Crippen LogP contribution is -2.41. The Kier molecular flexibility index (Phi) is 4.90. The van der Waals surface area contributed by atoms with Gasteiger partial charge in [0, 0.05) is 23.9 Å². The molecule has 0 saturated heterocycles. The number of ether oxygens (including phenoxy) is 1. The third kappa shape index (κ3) is 3.52. The maximum atomic E-state index is 12.5. The molecule has 4 nitrogen and oxygen atoms in total. The SMILES string of the molecule is COc1cccc(C2(CNC(=O)C3CCC(N)C3)CCCC2)c1. The molecule has 0 aromatic heterocycles. The van der Waals surface area contributed by atoms with Gasteiger partial charge >= 0.3 is 0 Å². The van der Waals surface area contributed by atoms with Gasteiger partial charge in [-0.15, -0.1) is 0 Å². The van der Waals surface area contributed by atoms with Gasteiger partial charge < -0.3 is 15.8 Å². The Bertz CT molecular complexity index is 552. The summed E-state index contributed by atoms with van der Waals surface area (Å²) in [7, 11) is 1.70. The third-order valence-corrected chi connectivity index (χ3v) is 5.69. The average molecular weight is 316 g/mol. The highest BCUT2D eigenvalue weighted by molar-refractivity contribution is 5.79. The van der Waals surface area contributed by atoms with E-state index in [0.717, 1.165) is 44.4 Å². The minimum atomic E-state index is 0.0604. The number of amides is 1. The first-order valence-electron chi connectivity index (χ1n) is 8.81. The fraction of sp³-hybridized carbons (Fsp3) is 0.632. The van der Waals surface area contributed by atoms with Crippen molar-refractivity contribution >= 4 is 5.91 Å². The highest BCUT2D eigenvalue weighted by Crippen LogP contribution is 2.41. The van der Waals surface area contributed by atoms with Crippen molar-refractivity contribution in [2.24, 2.45) is 11.7 Å². The molecule has 126 valence electrons. The van der Waals surface area contributed by atoms with E-state index in [1.165, 1.54) is 18.4 Å². The maximum absolute atomic E-state index is 12.5. The van der Waals surface area contributed by atoms with Crippen LogP contribution in [0.5, 0.6) is 5.75 Å². The van der Waals surface area contributed by atoms with E-state index >= 15 is 0 Å². The Morgan fingerprint density at radius 3 is 2.78 bits per heavy atom. The minimum absolute atomic E-state index is 0.0604. The molecule has 0 spiro atoms. The van der Waals surface area contributed by atoms with Crippen LogP contribution in [-0.2, 0) is 10.2 Å². The lowest BCUT2D eigenvalue weighted by Gasteiger charge is -2.31. The zero-order valence-electron chi connectivity index (χ0n) is 14.0. The van der Waals surface area contributed by atoms with E-state index in [4.69, 9.17) is 10.5 Å². The largest absolute Gasteiger partial charge is 0.497 e. The number of nitrogens with two attached hydrogens (primary N) is 1. The summed E-state index contributed by atoms with van der Waals surface area (Å²) >= 11 is 0. The summed E-state index contributed by atoms with van der Waals surface area (Å²) < 4.78 is 5.38. The van der Waals surface area contributed by atoms with E-state index in [9.17, 15) is 4.79 Å². The predicted molar refractivity (Wildman–Crippen MR) is 91.5 cm³/mol. The van der Waals surface area contributed by atoms with Crippen LogP contribution in [0.4, 0.5) is 0 Å². The fourth-order valence-electron chi connectivity index (χ4n) is 4.23. The van der Waals surface area contributed by atoms with E-state index < -0.39 is 0 Å². The molecule has 0 heterocycles. The second-order valence-corrected chi connectivity index (χ2v) is 7.21. The molecule has 4 heteroatoms. The Hall–Kier alpha value is -1.55. The highest BCUT2D eigenvalue weighted by atomic mass is 16.5. The number of hydrogen-bond acceptors (Lipinski definition) is 3. The highest BCUT2D eigenvalue weighted by Gasteiger charge is 2.37. The quantitative estimate of drug-likeness (QED) is 0.878. The van der Waals surface area contributed by atoms with Crippen molar-refractivity contribution in [1.82, 2.24) is 5.32 Å². The molecule has 2 saturated carbocycles. The lowest BCUT2D eigenvalue weighted by atomic mass is 9.78. The average Bonchev–Trinajstić information content (AvgIpc) is 3.22. The summed E-state index contributed by atoms with van der Waals surface area (Å²) in [6.07, 6.45) is 7.44. The monoisotopic (exact) mass is 316 g/mol. The molecular formula is C19H28N2O2. The topological polar surface area (TPSA) is 64.3 Å². The molecule has 2 unspecified atom stereocenters. The zero-order chi connectivity index (χ0) is 16.3. The molecule has 1 amide bonds. The Labute approximate surface area is 138 Å². The number of methoxy groups -OCH3 is 1. The molecule has 2 fully saturated rings. The van der Waals surface area contributed by atoms with Crippen molar-refractivity contribution < 1.29 is 9.53 Å². The molecule has 0 aliphatic heterocycles. The van der Waals surface area contributed by atoms with Crippen LogP contribution in [0.2, 0.25) is 0 Å². The first-order chi connectivity index (χ1) is 11.1. The zero-order valence-corrected chi connectivity index (χ0v) is 14.0. The summed E-state index contributed by atoms with van der Waals surface area (Å²) in [5, 5.41) is 3.23. The number of hydrogen-bond donors (Lipinski definition) is 2. The molecule has 3 N–H and O–H groups in total. The van der Waals surface area contributed by atoms with Crippen LogP contribution in [0.25, 0.3) is 0 Å². The Balaban J connectivity index is 1.70. The smallest absolute Gasteiger partial charge is 0.223 e. The van der Waals surface area contributed by atoms with Crippen molar-refractivity contribution in [1.29, 1.82) is 0 Å². The van der Waals surface area contributed by atoms with E-state index in [1.54, 1.807) is 7.11 Å². The molecular weight excluding hydrogens is 288 g/mol. The second kappa shape index (κ2) is 6.91. The number of nitrogens with one attached hydrogen (secondary N) is 1. The van der Waals surface area contributed by atoms with Crippen LogP contribution < -0.4 is 15.8 Å². The summed E-state index contributed by atoms with van der Waals surface area (Å²) in [6, 6.07) is 8.52. The van der Waals surface area contributed by atoms with E-state index in [0.29, 0.717) is 0 Å². The van der Waals surface area contributed by atoms with E-state index in [-0.39, 0.29) is 23.3 Å². The fourth-order valence-corrected chi connectivity index (χ4v) is 4.23. The molecule has 3 rings (SSSR count). The van der Waals surface area contributed by atoms with Gasteiger partial charge in [-0.3, -0.25) is 4.79 Å². The van der Waals surface area contributed by atoms with E-state index in [1.807, 2.05) is 12.1 Å². The second-order valence-electron chi connectivity index (χ2n) is 7.21. The Morgan fingerprint density at radius 1 is 1.35 bits per heavy atom. The first kappa shape index (κ1) is 16.3. The summed E-state index contributed by atoms with van der Waals surface area (Å²) in [4.78, 5) is 12.5. The van der Waals surface area contributed by atoms with Crippen molar-refractivity contribution in [3.8, 4) is 5.75 Å². The number of carbonyl (C=O) groups excluding carboxylic acids is 1. The van der Waals surface area contributed by atoms with Crippen LogP contribution >= 0.6 is 0 Å². The molecule has 1 aromatic carbocycles. The molecule has 2 aliphatic rings. The maximum Gasteiger partial charge on any atom is 0.223 e. The van der Waals surface area contributed by atoms with Gasteiger partial charge in [-0.05, 0) is 49.8 Å². The lowest BCUT2D eigenvalue weighted by molar-refractivity contribution is -0.125. The number of rotatable bonds is 5. The van der Waals surface area contributed by atoms with Crippen LogP contribution in [0.3, 0.4) is 0 Å². The molecule has 2 atom stereocenters. The van der Waals surface area contributed by atoms with Crippen molar-refractivity contribution in [2.75, 3.05) is 13.7 Å². The number of benzene rings is 1. The van der Waals surface area contributed by atoms with Gasteiger partial charge in [-0.25, -0.2) is 0 Å². The van der Waals surface area contributed by atoms with Crippen LogP contribution in [0.1, 0.15) is 50.5 Å². The van der Waals surface area contributed by atoms with Gasteiger partial charge in [0.15, 0.2) is 0 Å². The molecule has 2 aliphatic carbocycles. The first-order valence-corrected chi connectivity index (χ1v) is 8.81. The van der Waals surface area contributed by atoms with Gasteiger partial charge in [0.05, 0.1) is 7.11 Å². The third-order valence-electron chi connectivity index (χ3n) is 5.69. The minimum Gasteiger partial charge on any atom is -0.497 e. The summed E-state index contributed by atoms with van der Waals surface area (Å²) in [6.45, 7) is 0.727. The van der Waals surface area contributed by atoms with Crippen molar-refractivity contribution in [3.05, 3.63) is 29.8 Å². The van der Waals surface area contributed by atoms with E-state index in [2.05, 4.69) is 17.4 Å².